The van der Waals surface area contributed by atoms with Crippen molar-refractivity contribution in [3.8, 4) is 12.8 Å². The predicted octanol–water partition coefficient (Wildman–Crippen LogP) is 3.42. The van der Waals surface area contributed by atoms with E-state index in [1.165, 1.54) is 0 Å². The SMILES string of the molecule is C#C.C/C=C\C=C(/C)C(=S)NC(=O)OCC.CF. The van der Waals surface area contributed by atoms with E-state index < -0.39 is 6.09 Å². The molecule has 0 aliphatic heterocycles. The molecule has 0 fully saturated rings. The van der Waals surface area contributed by atoms with E-state index in [4.69, 9.17) is 12.2 Å². The van der Waals surface area contributed by atoms with Gasteiger partial charge in [-0.05, 0) is 26.3 Å². The van der Waals surface area contributed by atoms with Gasteiger partial charge in [-0.15, -0.1) is 12.8 Å². The average molecular weight is 273 g/mol. The van der Waals surface area contributed by atoms with Crippen LogP contribution in [0.15, 0.2) is 23.8 Å². The van der Waals surface area contributed by atoms with Gasteiger partial charge in [0, 0.05) is 0 Å². The molecule has 102 valence electrons. The Hall–Kier alpha value is -1.67. The van der Waals surface area contributed by atoms with Crippen molar-refractivity contribution in [2.24, 2.45) is 0 Å². The van der Waals surface area contributed by atoms with Crippen LogP contribution in [0.3, 0.4) is 0 Å². The molecule has 0 aromatic rings. The summed E-state index contributed by atoms with van der Waals surface area (Å²) >= 11 is 4.97. The number of ether oxygens (including phenoxy) is 1. The molecule has 0 aliphatic rings. The van der Waals surface area contributed by atoms with Gasteiger partial charge in [0.25, 0.3) is 0 Å². The monoisotopic (exact) mass is 273 g/mol. The number of hydrogen-bond donors (Lipinski definition) is 1. The van der Waals surface area contributed by atoms with Crippen LogP contribution in [-0.4, -0.2) is 24.9 Å². The lowest BCUT2D eigenvalue weighted by Crippen LogP contribution is -2.30. The molecule has 0 aliphatic carbocycles. The molecular formula is C13H20FNO2S. The number of carbonyl (C=O) groups excluding carboxylic acids is 1. The molecule has 0 atom stereocenters. The summed E-state index contributed by atoms with van der Waals surface area (Å²) in [6, 6.07) is 0. The van der Waals surface area contributed by atoms with Crippen molar-refractivity contribution in [2.45, 2.75) is 20.8 Å². The number of nitrogens with one attached hydrogen (secondary N) is 1. The number of alkyl carbamates (subject to hydrolysis) is 1. The van der Waals surface area contributed by atoms with Gasteiger partial charge in [-0.3, -0.25) is 9.71 Å². The third kappa shape index (κ3) is 14.3. The second-order valence-electron chi connectivity index (χ2n) is 2.55. The average Bonchev–Trinajstić information content (AvgIpc) is 2.40. The first-order valence-corrected chi connectivity index (χ1v) is 5.51. The number of halogens is 1. The minimum atomic E-state index is -0.509. The van der Waals surface area contributed by atoms with Crippen LogP contribution in [0.4, 0.5) is 9.18 Å². The van der Waals surface area contributed by atoms with Crippen molar-refractivity contribution in [1.29, 1.82) is 0 Å². The highest BCUT2D eigenvalue weighted by Gasteiger charge is 2.04. The van der Waals surface area contributed by atoms with Crippen LogP contribution in [0.2, 0.25) is 0 Å². The molecule has 0 unspecified atom stereocenters. The summed E-state index contributed by atoms with van der Waals surface area (Å²) in [5, 5.41) is 2.46. The quantitative estimate of drug-likeness (QED) is 0.370. The van der Waals surface area contributed by atoms with Gasteiger partial charge in [-0.2, -0.15) is 0 Å². The summed E-state index contributed by atoms with van der Waals surface area (Å²) in [6.45, 7) is 5.82. The number of rotatable bonds is 3. The maximum absolute atomic E-state index is 11.0. The number of allylic oxidation sites excluding steroid dienone is 3. The Morgan fingerprint density at radius 3 is 2.33 bits per heavy atom. The van der Waals surface area contributed by atoms with E-state index in [-0.39, 0.29) is 0 Å². The zero-order chi connectivity index (χ0) is 15.0. The van der Waals surface area contributed by atoms with Gasteiger partial charge in [-0.1, -0.05) is 30.4 Å². The van der Waals surface area contributed by atoms with Gasteiger partial charge in [0.2, 0.25) is 0 Å². The summed E-state index contributed by atoms with van der Waals surface area (Å²) < 4.78 is 14.2. The fourth-order valence-electron chi connectivity index (χ4n) is 0.675. The molecule has 0 saturated heterocycles. The molecule has 0 aromatic carbocycles. The first-order chi connectivity index (χ1) is 8.61. The van der Waals surface area contributed by atoms with Gasteiger partial charge in [-0.25, -0.2) is 4.79 Å². The van der Waals surface area contributed by atoms with Crippen LogP contribution in [0.25, 0.3) is 0 Å². The van der Waals surface area contributed by atoms with Crippen LogP contribution in [0, 0.1) is 12.8 Å². The maximum Gasteiger partial charge on any atom is 0.412 e. The molecule has 0 spiro atoms. The molecule has 0 radical (unpaired) electrons. The molecule has 18 heavy (non-hydrogen) atoms. The lowest BCUT2D eigenvalue weighted by atomic mass is 10.2. The van der Waals surface area contributed by atoms with E-state index in [1.54, 1.807) is 6.92 Å². The maximum atomic E-state index is 11.0. The van der Waals surface area contributed by atoms with Crippen LogP contribution >= 0.6 is 12.2 Å². The Balaban J connectivity index is -0.000000506. The van der Waals surface area contributed by atoms with Gasteiger partial charge < -0.3 is 4.74 Å². The number of thiocarbonyl (C=S) groups is 1. The molecule has 0 rings (SSSR count). The number of hydrogen-bond acceptors (Lipinski definition) is 3. The topological polar surface area (TPSA) is 38.3 Å². The minimum Gasteiger partial charge on any atom is -0.450 e. The van der Waals surface area contributed by atoms with E-state index >= 15 is 0 Å². The van der Waals surface area contributed by atoms with E-state index in [2.05, 4.69) is 22.9 Å². The van der Waals surface area contributed by atoms with Crippen molar-refractivity contribution in [3.05, 3.63) is 23.8 Å². The Labute approximate surface area is 114 Å². The highest BCUT2D eigenvalue weighted by atomic mass is 32.1. The third-order valence-corrected chi connectivity index (χ3v) is 1.81. The molecule has 0 bridgehead atoms. The number of terminal acetylenes is 1. The Bertz CT molecular complexity index is 309. The third-order valence-electron chi connectivity index (χ3n) is 1.39. The van der Waals surface area contributed by atoms with Gasteiger partial charge >= 0.3 is 6.09 Å². The van der Waals surface area contributed by atoms with E-state index in [0.717, 1.165) is 5.57 Å². The van der Waals surface area contributed by atoms with Crippen molar-refractivity contribution < 1.29 is 13.9 Å². The highest BCUT2D eigenvalue weighted by molar-refractivity contribution is 7.80. The summed E-state index contributed by atoms with van der Waals surface area (Å²) in [5.74, 6) is 0. The van der Waals surface area contributed by atoms with Gasteiger partial charge in [0.1, 0.15) is 4.99 Å². The second-order valence-corrected chi connectivity index (χ2v) is 2.96. The van der Waals surface area contributed by atoms with Crippen molar-refractivity contribution >= 4 is 23.3 Å². The van der Waals surface area contributed by atoms with Crippen LogP contribution in [0.5, 0.6) is 0 Å². The first-order valence-electron chi connectivity index (χ1n) is 5.10. The predicted molar refractivity (Wildman–Crippen MR) is 78.2 cm³/mol. The normalized spacial score (nSPS) is 9.39. The number of amides is 1. The molecular weight excluding hydrogens is 253 g/mol. The van der Waals surface area contributed by atoms with Crippen molar-refractivity contribution in [2.75, 3.05) is 13.8 Å². The molecule has 0 aromatic heterocycles. The van der Waals surface area contributed by atoms with E-state index in [0.29, 0.717) is 18.8 Å². The molecule has 0 saturated carbocycles. The number of carbonyl (C=O) groups is 1. The van der Waals surface area contributed by atoms with Crippen LogP contribution in [0.1, 0.15) is 20.8 Å². The first kappa shape index (κ1) is 21.6. The Morgan fingerprint density at radius 2 is 1.94 bits per heavy atom. The number of alkyl halides is 1. The smallest absolute Gasteiger partial charge is 0.412 e. The summed E-state index contributed by atoms with van der Waals surface area (Å²) in [4.78, 5) is 11.4. The lowest BCUT2D eigenvalue weighted by molar-refractivity contribution is 0.158. The summed E-state index contributed by atoms with van der Waals surface area (Å²) in [7, 11) is 0.500. The summed E-state index contributed by atoms with van der Waals surface area (Å²) in [5.41, 5.74) is 0.825. The molecule has 5 heteroatoms. The molecule has 1 N–H and O–H groups in total. The zero-order valence-electron chi connectivity index (χ0n) is 11.2. The standard InChI is InChI=1S/C10H15NO2S.C2H2.CH3F/c1-4-6-7-8(3)9(14)11-10(12)13-5-2;2*1-2/h4,6-7H,5H2,1-3H3,(H,11,12,14);1-2H;1H3/b6-4-,8-7+;;. The van der Waals surface area contributed by atoms with E-state index in [9.17, 15) is 9.18 Å². The fraction of sp³-hybridized carbons (Fsp3) is 0.385. The van der Waals surface area contributed by atoms with Crippen LogP contribution < -0.4 is 5.32 Å². The minimum absolute atomic E-state index is 0.339. The zero-order valence-corrected chi connectivity index (χ0v) is 12.0. The van der Waals surface area contributed by atoms with Crippen molar-refractivity contribution in [3.63, 3.8) is 0 Å². The summed E-state index contributed by atoms with van der Waals surface area (Å²) in [6.07, 6.45) is 13.1. The largest absolute Gasteiger partial charge is 0.450 e. The molecule has 1 amide bonds. The Morgan fingerprint density at radius 1 is 1.44 bits per heavy atom. The Kier molecular flexibility index (Phi) is 21.3. The second kappa shape index (κ2) is 17.7. The molecule has 3 nitrogen and oxygen atoms in total. The highest BCUT2D eigenvalue weighted by Crippen LogP contribution is 1.96. The van der Waals surface area contributed by atoms with Crippen LogP contribution in [-0.2, 0) is 4.74 Å². The molecule has 0 heterocycles. The van der Waals surface area contributed by atoms with E-state index in [1.807, 2.05) is 32.1 Å². The van der Waals surface area contributed by atoms with Gasteiger partial charge in [0.15, 0.2) is 0 Å². The van der Waals surface area contributed by atoms with Gasteiger partial charge in [0.05, 0.1) is 13.8 Å². The van der Waals surface area contributed by atoms with Crippen molar-refractivity contribution in [1.82, 2.24) is 5.32 Å². The fourth-order valence-corrected chi connectivity index (χ4v) is 0.826. The lowest BCUT2D eigenvalue weighted by Gasteiger charge is -2.05.